The predicted molar refractivity (Wildman–Crippen MR) is 56.4 cm³/mol. The van der Waals surface area contributed by atoms with Crippen molar-refractivity contribution in [2.75, 3.05) is 6.54 Å². The van der Waals surface area contributed by atoms with Gasteiger partial charge in [0.25, 0.3) is 0 Å². The van der Waals surface area contributed by atoms with Gasteiger partial charge in [-0.25, -0.2) is 0 Å². The topological polar surface area (TPSA) is 12.0 Å². The number of hydrogen-bond acceptors (Lipinski definition) is 1. The first-order valence-corrected chi connectivity index (χ1v) is 5.06. The predicted octanol–water partition coefficient (Wildman–Crippen LogP) is 2.98. The lowest BCUT2D eigenvalue weighted by Gasteiger charge is -2.14. The average molecular weight is 169 g/mol. The Balaban J connectivity index is 3.63. The summed E-state index contributed by atoms with van der Waals surface area (Å²) in [5.74, 6) is 0.724. The third-order valence-corrected chi connectivity index (χ3v) is 1.91. The molecule has 0 spiro atoms. The third-order valence-electron chi connectivity index (χ3n) is 1.91. The maximum absolute atomic E-state index is 3.46. The molecule has 0 amide bonds. The van der Waals surface area contributed by atoms with Gasteiger partial charge in [0, 0.05) is 12.6 Å². The molecule has 0 bridgehead atoms. The van der Waals surface area contributed by atoms with Crippen molar-refractivity contribution < 1.29 is 0 Å². The number of hydrogen-bond donors (Lipinski definition) is 1. The Morgan fingerprint density at radius 3 is 2.42 bits per heavy atom. The van der Waals surface area contributed by atoms with Crippen molar-refractivity contribution in [2.45, 2.75) is 46.6 Å². The molecule has 1 heteroatoms. The fraction of sp³-hybridized carbons (Fsp3) is 0.818. The molecule has 0 aliphatic carbocycles. The fourth-order valence-electron chi connectivity index (χ4n) is 1.30. The van der Waals surface area contributed by atoms with E-state index < -0.39 is 0 Å². The molecule has 0 radical (unpaired) electrons. The van der Waals surface area contributed by atoms with Crippen molar-refractivity contribution in [3.05, 3.63) is 12.2 Å². The Hall–Kier alpha value is -0.300. The molecule has 0 aliphatic rings. The van der Waals surface area contributed by atoms with Gasteiger partial charge in [-0.3, -0.25) is 0 Å². The molecule has 12 heavy (non-hydrogen) atoms. The van der Waals surface area contributed by atoms with Crippen molar-refractivity contribution >= 4 is 0 Å². The molecular formula is C11H23N. The zero-order valence-corrected chi connectivity index (χ0v) is 8.93. The number of allylic oxidation sites excluding steroid dienone is 1. The minimum atomic E-state index is 0.606. The molecule has 72 valence electrons. The summed E-state index contributed by atoms with van der Waals surface area (Å²) in [6, 6.07) is 0.606. The van der Waals surface area contributed by atoms with Crippen molar-refractivity contribution in [3.63, 3.8) is 0 Å². The standard InChI is InChI=1S/C11H23N/c1-5-7-11(8-6-2)9-12-10(3)4/h5,7,10-12H,6,8-9H2,1-4H3/b7-5-. The second kappa shape index (κ2) is 7.35. The third kappa shape index (κ3) is 6.41. The summed E-state index contributed by atoms with van der Waals surface area (Å²) in [5, 5.41) is 3.46. The first-order valence-electron chi connectivity index (χ1n) is 5.06. The van der Waals surface area contributed by atoms with Crippen LogP contribution in [-0.4, -0.2) is 12.6 Å². The normalized spacial score (nSPS) is 14.4. The van der Waals surface area contributed by atoms with E-state index in [1.165, 1.54) is 12.8 Å². The lowest BCUT2D eigenvalue weighted by Crippen LogP contribution is -2.28. The minimum Gasteiger partial charge on any atom is -0.314 e. The molecule has 0 rings (SSSR count). The number of rotatable bonds is 6. The van der Waals surface area contributed by atoms with Crippen LogP contribution < -0.4 is 5.32 Å². The Bertz CT molecular complexity index is 116. The van der Waals surface area contributed by atoms with E-state index in [1.54, 1.807) is 0 Å². The van der Waals surface area contributed by atoms with Crippen LogP contribution in [0.1, 0.15) is 40.5 Å². The van der Waals surface area contributed by atoms with E-state index in [9.17, 15) is 0 Å². The largest absolute Gasteiger partial charge is 0.314 e. The lowest BCUT2D eigenvalue weighted by atomic mass is 10.0. The lowest BCUT2D eigenvalue weighted by molar-refractivity contribution is 0.483. The van der Waals surface area contributed by atoms with Gasteiger partial charge in [-0.05, 0) is 19.3 Å². The summed E-state index contributed by atoms with van der Waals surface area (Å²) in [6.07, 6.45) is 7.03. The molecule has 0 aromatic heterocycles. The zero-order valence-electron chi connectivity index (χ0n) is 8.93. The van der Waals surface area contributed by atoms with Gasteiger partial charge in [-0.15, -0.1) is 0 Å². The second-order valence-corrected chi connectivity index (χ2v) is 3.64. The molecule has 0 aromatic rings. The zero-order chi connectivity index (χ0) is 9.40. The van der Waals surface area contributed by atoms with Gasteiger partial charge in [-0.1, -0.05) is 39.3 Å². The van der Waals surface area contributed by atoms with Crippen molar-refractivity contribution in [2.24, 2.45) is 5.92 Å². The fourth-order valence-corrected chi connectivity index (χ4v) is 1.30. The van der Waals surface area contributed by atoms with E-state index in [2.05, 4.69) is 45.2 Å². The summed E-state index contributed by atoms with van der Waals surface area (Å²) in [5.41, 5.74) is 0. The van der Waals surface area contributed by atoms with E-state index >= 15 is 0 Å². The molecule has 0 aliphatic heterocycles. The molecule has 1 N–H and O–H groups in total. The minimum absolute atomic E-state index is 0.606. The summed E-state index contributed by atoms with van der Waals surface area (Å²) >= 11 is 0. The van der Waals surface area contributed by atoms with Crippen LogP contribution in [0.2, 0.25) is 0 Å². The molecule has 1 atom stereocenters. The highest BCUT2D eigenvalue weighted by molar-refractivity contribution is 4.86. The molecule has 0 saturated carbocycles. The first kappa shape index (κ1) is 11.7. The highest BCUT2D eigenvalue weighted by Crippen LogP contribution is 2.06. The quantitative estimate of drug-likeness (QED) is 0.603. The number of nitrogens with one attached hydrogen (secondary N) is 1. The molecule has 1 nitrogen and oxygen atoms in total. The van der Waals surface area contributed by atoms with Crippen LogP contribution in [0.4, 0.5) is 0 Å². The smallest absolute Gasteiger partial charge is 0.00165 e. The molecule has 1 unspecified atom stereocenters. The Labute approximate surface area is 77.2 Å². The summed E-state index contributed by atoms with van der Waals surface area (Å²) in [4.78, 5) is 0. The van der Waals surface area contributed by atoms with Gasteiger partial charge in [-0.2, -0.15) is 0 Å². The Morgan fingerprint density at radius 2 is 2.00 bits per heavy atom. The van der Waals surface area contributed by atoms with Crippen LogP contribution in [0.25, 0.3) is 0 Å². The van der Waals surface area contributed by atoms with Gasteiger partial charge in [0.2, 0.25) is 0 Å². The van der Waals surface area contributed by atoms with Gasteiger partial charge in [0.15, 0.2) is 0 Å². The maximum Gasteiger partial charge on any atom is 0.00165 e. The van der Waals surface area contributed by atoms with E-state index in [0.717, 1.165) is 12.5 Å². The Morgan fingerprint density at radius 1 is 1.33 bits per heavy atom. The van der Waals surface area contributed by atoms with Crippen LogP contribution >= 0.6 is 0 Å². The monoisotopic (exact) mass is 169 g/mol. The summed E-state index contributed by atoms with van der Waals surface area (Å²) < 4.78 is 0. The van der Waals surface area contributed by atoms with E-state index in [-0.39, 0.29) is 0 Å². The molecule has 0 fully saturated rings. The van der Waals surface area contributed by atoms with Crippen LogP contribution in [0.5, 0.6) is 0 Å². The molecule has 0 saturated heterocycles. The average Bonchev–Trinajstić information content (AvgIpc) is 2.01. The summed E-state index contributed by atoms with van der Waals surface area (Å²) in [6.45, 7) is 9.84. The Kier molecular flexibility index (Phi) is 7.17. The molecule has 0 aromatic carbocycles. The van der Waals surface area contributed by atoms with Gasteiger partial charge < -0.3 is 5.32 Å². The maximum atomic E-state index is 3.46. The van der Waals surface area contributed by atoms with E-state index in [0.29, 0.717) is 6.04 Å². The summed E-state index contributed by atoms with van der Waals surface area (Å²) in [7, 11) is 0. The van der Waals surface area contributed by atoms with Crippen LogP contribution in [-0.2, 0) is 0 Å². The van der Waals surface area contributed by atoms with Crippen LogP contribution in [0.15, 0.2) is 12.2 Å². The van der Waals surface area contributed by atoms with Gasteiger partial charge in [0.1, 0.15) is 0 Å². The highest BCUT2D eigenvalue weighted by Gasteiger charge is 2.02. The second-order valence-electron chi connectivity index (χ2n) is 3.64. The van der Waals surface area contributed by atoms with Gasteiger partial charge in [0.05, 0.1) is 0 Å². The van der Waals surface area contributed by atoms with Crippen molar-refractivity contribution in [1.29, 1.82) is 0 Å². The molecular weight excluding hydrogens is 146 g/mol. The highest BCUT2D eigenvalue weighted by atomic mass is 14.9. The van der Waals surface area contributed by atoms with Crippen molar-refractivity contribution in [1.82, 2.24) is 5.32 Å². The molecule has 0 heterocycles. The first-order chi connectivity index (χ1) is 5.70. The van der Waals surface area contributed by atoms with E-state index in [1.807, 2.05) is 0 Å². The van der Waals surface area contributed by atoms with Crippen molar-refractivity contribution in [3.8, 4) is 0 Å². The van der Waals surface area contributed by atoms with E-state index in [4.69, 9.17) is 0 Å². The van der Waals surface area contributed by atoms with Crippen LogP contribution in [0.3, 0.4) is 0 Å². The SMILES string of the molecule is C/C=C\C(CCC)CNC(C)C. The van der Waals surface area contributed by atoms with Crippen LogP contribution in [0, 0.1) is 5.92 Å². The van der Waals surface area contributed by atoms with Gasteiger partial charge >= 0.3 is 0 Å².